The summed E-state index contributed by atoms with van der Waals surface area (Å²) < 4.78 is 0. The first-order valence-corrected chi connectivity index (χ1v) is 9.15. The van der Waals surface area contributed by atoms with E-state index in [1.54, 1.807) is 12.1 Å². The van der Waals surface area contributed by atoms with Crippen molar-refractivity contribution in [3.8, 4) is 11.8 Å². The van der Waals surface area contributed by atoms with Crippen LogP contribution in [0.5, 0.6) is 5.75 Å². The molecular formula is C24H21N3O2. The number of hydrogen-bond acceptors (Lipinski definition) is 4. The molecule has 0 atom stereocenters. The van der Waals surface area contributed by atoms with E-state index in [0.29, 0.717) is 5.69 Å². The van der Waals surface area contributed by atoms with Crippen LogP contribution in [0, 0.1) is 18.3 Å². The standard InChI is InChI=1S/C24H21N3O2/c1-17-12-13-21(22(28)14-17)26-16-20(15-25)24(29)27-23(18-8-4-2-5-9-18)19-10-6-3-7-11-19/h2-14,16,23,26,28H,1H3,(H,27,29)/b20-16-. The Labute approximate surface area is 169 Å². The number of carbonyl (C=O) groups excluding carboxylic acids is 1. The molecule has 0 saturated carbocycles. The summed E-state index contributed by atoms with van der Waals surface area (Å²) in [5.41, 5.74) is 3.05. The molecule has 3 aromatic carbocycles. The predicted octanol–water partition coefficient (Wildman–Crippen LogP) is 4.43. The molecule has 29 heavy (non-hydrogen) atoms. The molecule has 0 unspecified atom stereocenters. The van der Waals surface area contributed by atoms with E-state index in [1.165, 1.54) is 6.20 Å². The van der Waals surface area contributed by atoms with Crippen LogP contribution in [0.1, 0.15) is 22.7 Å². The molecule has 0 aliphatic rings. The molecule has 3 aromatic rings. The van der Waals surface area contributed by atoms with E-state index in [0.717, 1.165) is 16.7 Å². The molecule has 0 bridgehead atoms. The summed E-state index contributed by atoms with van der Waals surface area (Å²) in [6.07, 6.45) is 1.30. The van der Waals surface area contributed by atoms with Gasteiger partial charge in [-0.3, -0.25) is 4.79 Å². The molecule has 3 rings (SSSR count). The van der Waals surface area contributed by atoms with Crippen molar-refractivity contribution in [2.75, 3.05) is 5.32 Å². The predicted molar refractivity (Wildman–Crippen MR) is 113 cm³/mol. The summed E-state index contributed by atoms with van der Waals surface area (Å²) in [5.74, 6) is -0.463. The Balaban J connectivity index is 1.83. The van der Waals surface area contributed by atoms with Crippen LogP contribution in [-0.2, 0) is 4.79 Å². The zero-order valence-electron chi connectivity index (χ0n) is 16.0. The Hall–Kier alpha value is -4.04. The molecule has 0 aromatic heterocycles. The topological polar surface area (TPSA) is 85.2 Å². The quantitative estimate of drug-likeness (QED) is 0.334. The van der Waals surface area contributed by atoms with Crippen LogP contribution in [0.25, 0.3) is 0 Å². The fourth-order valence-electron chi connectivity index (χ4n) is 2.92. The monoisotopic (exact) mass is 383 g/mol. The number of benzene rings is 3. The van der Waals surface area contributed by atoms with Gasteiger partial charge in [-0.2, -0.15) is 5.26 Å². The zero-order chi connectivity index (χ0) is 20.6. The number of phenols is 1. The first-order chi connectivity index (χ1) is 14.1. The fraction of sp³-hybridized carbons (Fsp3) is 0.0833. The van der Waals surface area contributed by atoms with Crippen LogP contribution < -0.4 is 10.6 Å². The van der Waals surface area contributed by atoms with E-state index >= 15 is 0 Å². The lowest BCUT2D eigenvalue weighted by molar-refractivity contribution is -0.117. The summed E-state index contributed by atoms with van der Waals surface area (Å²) in [4.78, 5) is 12.8. The number of amides is 1. The maximum atomic E-state index is 12.8. The van der Waals surface area contributed by atoms with Crippen LogP contribution >= 0.6 is 0 Å². The lowest BCUT2D eigenvalue weighted by Crippen LogP contribution is -2.30. The Kier molecular flexibility index (Phi) is 6.29. The molecule has 0 aliphatic carbocycles. The van der Waals surface area contributed by atoms with Crippen molar-refractivity contribution in [2.45, 2.75) is 13.0 Å². The molecule has 0 heterocycles. The molecule has 5 nitrogen and oxygen atoms in total. The van der Waals surface area contributed by atoms with E-state index < -0.39 is 11.9 Å². The Morgan fingerprint density at radius 1 is 1.00 bits per heavy atom. The van der Waals surface area contributed by atoms with E-state index in [1.807, 2.05) is 79.7 Å². The van der Waals surface area contributed by atoms with E-state index in [-0.39, 0.29) is 11.3 Å². The number of anilines is 1. The number of hydrogen-bond donors (Lipinski definition) is 3. The molecule has 1 amide bonds. The third-order valence-corrected chi connectivity index (χ3v) is 4.43. The average molecular weight is 383 g/mol. The van der Waals surface area contributed by atoms with Crippen molar-refractivity contribution in [1.29, 1.82) is 5.26 Å². The van der Waals surface area contributed by atoms with Crippen molar-refractivity contribution >= 4 is 11.6 Å². The van der Waals surface area contributed by atoms with Gasteiger partial charge in [-0.1, -0.05) is 66.7 Å². The van der Waals surface area contributed by atoms with Gasteiger partial charge >= 0.3 is 0 Å². The van der Waals surface area contributed by atoms with Crippen LogP contribution in [-0.4, -0.2) is 11.0 Å². The van der Waals surface area contributed by atoms with Crippen molar-refractivity contribution in [3.05, 3.63) is 107 Å². The van der Waals surface area contributed by atoms with Gasteiger partial charge in [0.15, 0.2) is 0 Å². The lowest BCUT2D eigenvalue weighted by Gasteiger charge is -2.19. The molecule has 0 radical (unpaired) electrons. The summed E-state index contributed by atoms with van der Waals surface area (Å²) in [5, 5.41) is 25.2. The summed E-state index contributed by atoms with van der Waals surface area (Å²) in [6.45, 7) is 1.86. The molecule has 0 aliphatic heterocycles. The molecular weight excluding hydrogens is 362 g/mol. The number of carbonyl (C=O) groups is 1. The van der Waals surface area contributed by atoms with E-state index in [2.05, 4.69) is 10.6 Å². The normalized spacial score (nSPS) is 11.0. The van der Waals surface area contributed by atoms with Gasteiger partial charge in [-0.15, -0.1) is 0 Å². The molecule has 3 N–H and O–H groups in total. The average Bonchev–Trinajstić information content (AvgIpc) is 2.75. The second-order valence-corrected chi connectivity index (χ2v) is 6.56. The minimum absolute atomic E-state index is 0.0467. The Morgan fingerprint density at radius 2 is 1.59 bits per heavy atom. The maximum absolute atomic E-state index is 12.8. The SMILES string of the molecule is Cc1ccc(N/C=C(/C#N)C(=O)NC(c2ccccc2)c2ccccc2)c(O)c1. The van der Waals surface area contributed by atoms with Crippen LogP contribution in [0.15, 0.2) is 90.6 Å². The number of aryl methyl sites for hydroxylation is 1. The highest BCUT2D eigenvalue weighted by Gasteiger charge is 2.19. The Morgan fingerprint density at radius 3 is 2.10 bits per heavy atom. The van der Waals surface area contributed by atoms with Gasteiger partial charge in [0.05, 0.1) is 11.7 Å². The smallest absolute Gasteiger partial charge is 0.264 e. The molecule has 0 saturated heterocycles. The highest BCUT2D eigenvalue weighted by Crippen LogP contribution is 2.25. The van der Waals surface area contributed by atoms with Crippen molar-refractivity contribution < 1.29 is 9.90 Å². The molecule has 5 heteroatoms. The van der Waals surface area contributed by atoms with Crippen LogP contribution in [0.4, 0.5) is 5.69 Å². The van der Waals surface area contributed by atoms with Crippen molar-refractivity contribution in [1.82, 2.24) is 5.32 Å². The first kappa shape index (κ1) is 19.7. The van der Waals surface area contributed by atoms with Gasteiger partial charge in [-0.05, 0) is 35.7 Å². The van der Waals surface area contributed by atoms with Crippen LogP contribution in [0.3, 0.4) is 0 Å². The highest BCUT2D eigenvalue weighted by molar-refractivity contribution is 5.98. The van der Waals surface area contributed by atoms with Crippen molar-refractivity contribution in [3.63, 3.8) is 0 Å². The number of nitrogens with zero attached hydrogens (tertiary/aromatic N) is 1. The van der Waals surface area contributed by atoms with E-state index in [4.69, 9.17) is 0 Å². The zero-order valence-corrected chi connectivity index (χ0v) is 16.0. The van der Waals surface area contributed by atoms with Gasteiger partial charge in [0.2, 0.25) is 0 Å². The first-order valence-electron chi connectivity index (χ1n) is 9.15. The maximum Gasteiger partial charge on any atom is 0.264 e. The summed E-state index contributed by atoms with van der Waals surface area (Å²) in [7, 11) is 0. The van der Waals surface area contributed by atoms with Gasteiger partial charge in [-0.25, -0.2) is 0 Å². The molecule has 0 spiro atoms. The van der Waals surface area contributed by atoms with Gasteiger partial charge in [0.25, 0.3) is 5.91 Å². The van der Waals surface area contributed by atoms with Crippen LogP contribution in [0.2, 0.25) is 0 Å². The van der Waals surface area contributed by atoms with Gasteiger partial charge in [0, 0.05) is 6.20 Å². The second kappa shape index (κ2) is 9.25. The number of rotatable bonds is 6. The number of nitriles is 1. The highest BCUT2D eigenvalue weighted by atomic mass is 16.3. The number of phenolic OH excluding ortho intramolecular Hbond substituents is 1. The summed E-state index contributed by atoms with van der Waals surface area (Å²) >= 11 is 0. The van der Waals surface area contributed by atoms with Gasteiger partial charge in [0.1, 0.15) is 17.4 Å². The lowest BCUT2D eigenvalue weighted by atomic mass is 9.98. The van der Waals surface area contributed by atoms with E-state index in [9.17, 15) is 15.2 Å². The third-order valence-electron chi connectivity index (χ3n) is 4.43. The number of nitrogens with one attached hydrogen (secondary N) is 2. The number of aromatic hydroxyl groups is 1. The van der Waals surface area contributed by atoms with Gasteiger partial charge < -0.3 is 15.7 Å². The fourth-order valence-corrected chi connectivity index (χ4v) is 2.92. The second-order valence-electron chi connectivity index (χ2n) is 6.56. The molecule has 0 fully saturated rings. The Bertz CT molecular complexity index is 1010. The third kappa shape index (κ3) is 5.02. The van der Waals surface area contributed by atoms with Crippen molar-refractivity contribution in [2.24, 2.45) is 0 Å². The minimum atomic E-state index is -0.510. The largest absolute Gasteiger partial charge is 0.506 e. The molecule has 144 valence electrons. The summed E-state index contributed by atoms with van der Waals surface area (Å²) in [6, 6.07) is 25.8. The minimum Gasteiger partial charge on any atom is -0.506 e.